The summed E-state index contributed by atoms with van der Waals surface area (Å²) in [6.45, 7) is 3.93. The van der Waals surface area contributed by atoms with Crippen LogP contribution in [0.4, 0.5) is 5.82 Å². The van der Waals surface area contributed by atoms with Crippen LogP contribution in [-0.4, -0.2) is 47.0 Å². The fourth-order valence-electron chi connectivity index (χ4n) is 5.22. The average molecular weight is 490 g/mol. The van der Waals surface area contributed by atoms with Crippen LogP contribution >= 0.6 is 11.3 Å². The highest BCUT2D eigenvalue weighted by Gasteiger charge is 2.23. The molecule has 0 atom stereocenters. The zero-order chi connectivity index (χ0) is 24.0. The third-order valence-electron chi connectivity index (χ3n) is 7.24. The van der Waals surface area contributed by atoms with Crippen LogP contribution in [0.15, 0.2) is 30.3 Å². The lowest BCUT2D eigenvalue weighted by molar-refractivity contribution is -0.123. The van der Waals surface area contributed by atoms with E-state index in [1.54, 1.807) is 0 Å². The molecule has 0 spiro atoms. The molecule has 7 heteroatoms. The van der Waals surface area contributed by atoms with Gasteiger partial charge in [0.15, 0.2) is 5.82 Å². The molecule has 1 fully saturated rings. The number of nitrogens with zero attached hydrogens (tertiary/aromatic N) is 3. The maximum absolute atomic E-state index is 11.4. The Kier molecular flexibility index (Phi) is 7.74. The monoisotopic (exact) mass is 489 g/mol. The molecule has 1 aliphatic heterocycles. The van der Waals surface area contributed by atoms with Gasteiger partial charge < -0.3 is 16.0 Å². The number of unbranched alkanes of at least 4 members (excludes halogenated alkanes) is 1. The second-order valence-electron chi connectivity index (χ2n) is 9.72. The van der Waals surface area contributed by atoms with Gasteiger partial charge >= 0.3 is 0 Å². The SMILES string of the molecule is NC(=O)C1CCN(CCCCNc2nc(C=Cc3ccccc3)nc3sc4c(c23)CCCC4)CC1. The lowest BCUT2D eigenvalue weighted by Crippen LogP contribution is -2.38. The molecule has 184 valence electrons. The van der Waals surface area contributed by atoms with Crippen LogP contribution in [0.1, 0.15) is 60.4 Å². The summed E-state index contributed by atoms with van der Waals surface area (Å²) in [5.74, 6) is 1.68. The molecule has 0 radical (unpaired) electrons. The summed E-state index contributed by atoms with van der Waals surface area (Å²) in [4.78, 5) is 26.3. The number of primary amides is 1. The summed E-state index contributed by atoms with van der Waals surface area (Å²) in [5, 5.41) is 4.91. The quantitative estimate of drug-likeness (QED) is 0.407. The van der Waals surface area contributed by atoms with Crippen LogP contribution in [0.5, 0.6) is 0 Å². The van der Waals surface area contributed by atoms with E-state index in [0.717, 1.165) is 86.7 Å². The number of carbonyl (C=O) groups is 1. The summed E-state index contributed by atoms with van der Waals surface area (Å²) in [5.41, 5.74) is 8.08. The van der Waals surface area contributed by atoms with Crippen molar-refractivity contribution in [2.24, 2.45) is 11.7 Å². The molecule has 1 saturated heterocycles. The van der Waals surface area contributed by atoms with E-state index in [9.17, 15) is 4.79 Å². The number of piperidine rings is 1. The van der Waals surface area contributed by atoms with E-state index in [1.807, 2.05) is 35.6 Å². The number of hydrogen-bond acceptors (Lipinski definition) is 6. The first-order chi connectivity index (χ1) is 17.2. The van der Waals surface area contributed by atoms with Gasteiger partial charge in [-0.2, -0.15) is 0 Å². The second-order valence-corrected chi connectivity index (χ2v) is 10.8. The normalized spacial score (nSPS) is 17.1. The van der Waals surface area contributed by atoms with Gasteiger partial charge in [0.25, 0.3) is 0 Å². The number of carbonyl (C=O) groups excluding carboxylic acids is 1. The molecule has 1 amide bonds. The van der Waals surface area contributed by atoms with Crippen LogP contribution in [0.2, 0.25) is 0 Å². The van der Waals surface area contributed by atoms with E-state index < -0.39 is 0 Å². The number of amides is 1. The maximum atomic E-state index is 11.4. The maximum Gasteiger partial charge on any atom is 0.220 e. The molecule has 35 heavy (non-hydrogen) atoms. The predicted octanol–water partition coefficient (Wildman–Crippen LogP) is 5.13. The van der Waals surface area contributed by atoms with Gasteiger partial charge in [-0.05, 0) is 88.2 Å². The van der Waals surface area contributed by atoms with Crippen molar-refractivity contribution >= 4 is 45.4 Å². The summed E-state index contributed by atoms with van der Waals surface area (Å²) in [6, 6.07) is 10.3. The fourth-order valence-corrected chi connectivity index (χ4v) is 6.49. The van der Waals surface area contributed by atoms with Gasteiger partial charge in [0.05, 0.1) is 5.39 Å². The number of nitrogens with one attached hydrogen (secondary N) is 1. The first-order valence-corrected chi connectivity index (χ1v) is 13.8. The number of fused-ring (bicyclic) bond motifs is 3. The number of aromatic nitrogens is 2. The van der Waals surface area contributed by atoms with Crippen molar-refractivity contribution in [1.29, 1.82) is 0 Å². The molecule has 3 N–H and O–H groups in total. The van der Waals surface area contributed by atoms with Gasteiger partial charge in [0.2, 0.25) is 5.91 Å². The molecule has 3 aromatic rings. The van der Waals surface area contributed by atoms with Gasteiger partial charge in [0.1, 0.15) is 10.6 Å². The van der Waals surface area contributed by atoms with Gasteiger partial charge in [-0.1, -0.05) is 36.4 Å². The minimum atomic E-state index is -0.140. The Labute approximate surface area is 211 Å². The van der Waals surface area contributed by atoms with E-state index in [2.05, 4.69) is 28.4 Å². The van der Waals surface area contributed by atoms with Crippen molar-refractivity contribution in [3.05, 3.63) is 52.2 Å². The van der Waals surface area contributed by atoms with Crippen LogP contribution < -0.4 is 11.1 Å². The van der Waals surface area contributed by atoms with E-state index >= 15 is 0 Å². The Hall–Kier alpha value is -2.77. The third kappa shape index (κ3) is 5.90. The molecule has 0 unspecified atom stereocenters. The lowest BCUT2D eigenvalue weighted by atomic mass is 9.96. The number of anilines is 1. The highest BCUT2D eigenvalue weighted by molar-refractivity contribution is 7.19. The van der Waals surface area contributed by atoms with Gasteiger partial charge in [-0.15, -0.1) is 11.3 Å². The van der Waals surface area contributed by atoms with Crippen LogP contribution in [-0.2, 0) is 17.6 Å². The predicted molar refractivity (Wildman–Crippen MR) is 146 cm³/mol. The number of rotatable bonds is 9. The van der Waals surface area contributed by atoms with Gasteiger partial charge in [-0.25, -0.2) is 9.97 Å². The van der Waals surface area contributed by atoms with Crippen molar-refractivity contribution < 1.29 is 4.79 Å². The molecule has 3 heterocycles. The largest absolute Gasteiger partial charge is 0.369 e. The van der Waals surface area contributed by atoms with Gasteiger partial charge in [-0.3, -0.25) is 4.79 Å². The Balaban J connectivity index is 1.24. The minimum absolute atomic E-state index is 0.0646. The molecule has 2 aliphatic rings. The summed E-state index contributed by atoms with van der Waals surface area (Å²) >= 11 is 1.85. The fraction of sp³-hybridized carbons (Fsp3) is 0.464. The smallest absolute Gasteiger partial charge is 0.220 e. The van der Waals surface area contributed by atoms with Crippen molar-refractivity contribution in [1.82, 2.24) is 14.9 Å². The van der Waals surface area contributed by atoms with Gasteiger partial charge in [0, 0.05) is 17.3 Å². The van der Waals surface area contributed by atoms with Crippen LogP contribution in [0.25, 0.3) is 22.4 Å². The standard InChI is InChI=1S/C28H35N5OS/c29-26(34)21-14-18-33(19-15-21)17-7-6-16-30-27-25-22-10-4-5-11-23(22)35-28(25)32-24(31-27)13-12-20-8-2-1-3-9-20/h1-3,8-9,12-13,21H,4-7,10-11,14-19H2,(H2,29,34)(H,30,31,32). The zero-order valence-corrected chi connectivity index (χ0v) is 21.2. The highest BCUT2D eigenvalue weighted by Crippen LogP contribution is 2.38. The Morgan fingerprint density at radius 1 is 1.09 bits per heavy atom. The number of likely N-dealkylation sites (tertiary alicyclic amines) is 1. The molecule has 5 rings (SSSR count). The summed E-state index contributed by atoms with van der Waals surface area (Å²) < 4.78 is 0. The highest BCUT2D eigenvalue weighted by atomic mass is 32.1. The van der Waals surface area contributed by atoms with E-state index in [0.29, 0.717) is 0 Å². The topological polar surface area (TPSA) is 84.1 Å². The van der Waals surface area contributed by atoms with E-state index in [-0.39, 0.29) is 11.8 Å². The number of aryl methyl sites for hydroxylation is 2. The Morgan fingerprint density at radius 3 is 2.69 bits per heavy atom. The Bertz CT molecular complexity index is 1180. The van der Waals surface area contributed by atoms with Crippen LogP contribution in [0, 0.1) is 5.92 Å². The first-order valence-electron chi connectivity index (χ1n) is 13.0. The summed E-state index contributed by atoms with van der Waals surface area (Å²) in [6.07, 6.45) is 12.9. The molecular formula is C28H35N5OS. The second kappa shape index (κ2) is 11.3. The molecule has 2 aromatic heterocycles. The molecular weight excluding hydrogens is 454 g/mol. The number of hydrogen-bond donors (Lipinski definition) is 2. The van der Waals surface area contributed by atoms with E-state index in [4.69, 9.17) is 15.7 Å². The average Bonchev–Trinajstić information content (AvgIpc) is 3.27. The lowest BCUT2D eigenvalue weighted by Gasteiger charge is -2.30. The minimum Gasteiger partial charge on any atom is -0.369 e. The number of nitrogens with two attached hydrogens (primary N) is 1. The molecule has 1 aliphatic carbocycles. The van der Waals surface area contributed by atoms with Crippen molar-refractivity contribution in [3.8, 4) is 0 Å². The third-order valence-corrected chi connectivity index (χ3v) is 8.43. The molecule has 0 bridgehead atoms. The van der Waals surface area contributed by atoms with Crippen LogP contribution in [0.3, 0.4) is 0 Å². The number of thiophene rings is 1. The first kappa shape index (κ1) is 23.9. The zero-order valence-electron chi connectivity index (χ0n) is 20.3. The van der Waals surface area contributed by atoms with Crippen molar-refractivity contribution in [2.75, 3.05) is 31.5 Å². The molecule has 1 aromatic carbocycles. The molecule has 0 saturated carbocycles. The van der Waals surface area contributed by atoms with Crippen molar-refractivity contribution in [2.45, 2.75) is 51.4 Å². The van der Waals surface area contributed by atoms with E-state index in [1.165, 1.54) is 28.7 Å². The molecule has 6 nitrogen and oxygen atoms in total. The number of benzene rings is 1. The summed E-state index contributed by atoms with van der Waals surface area (Å²) in [7, 11) is 0. The van der Waals surface area contributed by atoms with Crippen molar-refractivity contribution in [3.63, 3.8) is 0 Å². The Morgan fingerprint density at radius 2 is 1.89 bits per heavy atom.